The summed E-state index contributed by atoms with van der Waals surface area (Å²) in [7, 11) is 0. The van der Waals surface area contributed by atoms with Gasteiger partial charge in [-0.15, -0.1) is 0 Å². The van der Waals surface area contributed by atoms with Crippen LogP contribution in [-0.2, 0) is 28.6 Å². The molecule has 0 radical (unpaired) electrons. The fourth-order valence-electron chi connectivity index (χ4n) is 7.99. The van der Waals surface area contributed by atoms with Crippen molar-refractivity contribution in [3.8, 4) is 0 Å². The SMILES string of the molecule is CCCCCCCCCCCCCC(=O)OC[C@H](COC(=O)CCCCCCCCCCCCCCCCCCC(C)C)OC(=O)CCCCCCCCCCC(C)C. The van der Waals surface area contributed by atoms with Gasteiger partial charge in [0, 0.05) is 19.3 Å². The van der Waals surface area contributed by atoms with E-state index in [1.807, 2.05) is 0 Å². The van der Waals surface area contributed by atoms with Gasteiger partial charge in [-0.2, -0.15) is 0 Å². The van der Waals surface area contributed by atoms with Crippen LogP contribution in [0.1, 0.15) is 291 Å². The van der Waals surface area contributed by atoms with Gasteiger partial charge in [0.15, 0.2) is 6.10 Å². The van der Waals surface area contributed by atoms with Crippen LogP contribution in [0.25, 0.3) is 0 Å². The fraction of sp³-hybridized carbons (Fsp3) is 0.943. The first-order chi connectivity index (χ1) is 28.7. The van der Waals surface area contributed by atoms with Crippen LogP contribution in [0, 0.1) is 11.8 Å². The van der Waals surface area contributed by atoms with E-state index >= 15 is 0 Å². The van der Waals surface area contributed by atoms with Gasteiger partial charge < -0.3 is 14.2 Å². The maximum absolute atomic E-state index is 12.7. The van der Waals surface area contributed by atoms with Crippen LogP contribution in [-0.4, -0.2) is 37.2 Å². The molecular formula is C53H102O6. The molecule has 0 rings (SSSR count). The molecule has 0 saturated carbocycles. The van der Waals surface area contributed by atoms with Gasteiger partial charge in [0.1, 0.15) is 13.2 Å². The summed E-state index contributed by atoms with van der Waals surface area (Å²) in [6.07, 6.45) is 46.7. The van der Waals surface area contributed by atoms with E-state index in [0.29, 0.717) is 19.3 Å². The van der Waals surface area contributed by atoms with E-state index in [1.54, 1.807) is 0 Å². The summed E-state index contributed by atoms with van der Waals surface area (Å²) in [4.78, 5) is 37.9. The van der Waals surface area contributed by atoms with Gasteiger partial charge in [0.05, 0.1) is 0 Å². The van der Waals surface area contributed by atoms with E-state index in [2.05, 4.69) is 34.6 Å². The first-order valence-corrected chi connectivity index (χ1v) is 26.2. The molecule has 6 nitrogen and oxygen atoms in total. The van der Waals surface area contributed by atoms with Crippen molar-refractivity contribution in [2.45, 2.75) is 298 Å². The fourth-order valence-corrected chi connectivity index (χ4v) is 7.99. The molecule has 0 N–H and O–H groups in total. The Balaban J connectivity index is 4.23. The summed E-state index contributed by atoms with van der Waals surface area (Å²) in [6, 6.07) is 0. The predicted octanol–water partition coefficient (Wildman–Crippen LogP) is 16.9. The molecule has 1 atom stereocenters. The molecule has 0 saturated heterocycles. The minimum absolute atomic E-state index is 0.0639. The normalized spacial score (nSPS) is 12.1. The molecule has 0 aromatic heterocycles. The van der Waals surface area contributed by atoms with Gasteiger partial charge in [-0.05, 0) is 31.1 Å². The number of carbonyl (C=O) groups is 3. The third-order valence-electron chi connectivity index (χ3n) is 12.0. The van der Waals surface area contributed by atoms with Crippen molar-refractivity contribution in [2.24, 2.45) is 11.8 Å². The average Bonchev–Trinajstić information content (AvgIpc) is 3.20. The lowest BCUT2D eigenvalue weighted by molar-refractivity contribution is -0.167. The van der Waals surface area contributed by atoms with Crippen LogP contribution in [0.3, 0.4) is 0 Å². The Labute approximate surface area is 368 Å². The lowest BCUT2D eigenvalue weighted by atomic mass is 10.0. The highest BCUT2D eigenvalue weighted by Crippen LogP contribution is 2.17. The van der Waals surface area contributed by atoms with Crippen molar-refractivity contribution >= 4 is 17.9 Å². The Kier molecular flexibility index (Phi) is 44.7. The van der Waals surface area contributed by atoms with Crippen LogP contribution < -0.4 is 0 Å². The maximum atomic E-state index is 12.7. The Morgan fingerprint density at radius 1 is 0.322 bits per heavy atom. The monoisotopic (exact) mass is 835 g/mol. The van der Waals surface area contributed by atoms with E-state index in [4.69, 9.17) is 14.2 Å². The zero-order chi connectivity index (χ0) is 43.3. The van der Waals surface area contributed by atoms with Gasteiger partial charge in [0.25, 0.3) is 0 Å². The molecule has 6 heteroatoms. The number of ether oxygens (including phenoxy) is 3. The zero-order valence-corrected chi connectivity index (χ0v) is 40.4. The molecule has 0 heterocycles. The van der Waals surface area contributed by atoms with Gasteiger partial charge >= 0.3 is 17.9 Å². The lowest BCUT2D eigenvalue weighted by Gasteiger charge is -2.18. The molecule has 0 aliphatic carbocycles. The van der Waals surface area contributed by atoms with Gasteiger partial charge in [-0.1, -0.05) is 253 Å². The van der Waals surface area contributed by atoms with E-state index in [1.165, 1.54) is 180 Å². The molecule has 350 valence electrons. The zero-order valence-electron chi connectivity index (χ0n) is 40.4. The van der Waals surface area contributed by atoms with E-state index in [9.17, 15) is 14.4 Å². The van der Waals surface area contributed by atoms with Gasteiger partial charge in [-0.3, -0.25) is 14.4 Å². The number of hydrogen-bond acceptors (Lipinski definition) is 6. The molecule has 0 aliphatic rings. The standard InChI is InChI=1S/C53H102O6/c1-6-7-8-9-10-11-18-22-28-33-38-43-51(54)57-46-50(59-53(56)45-40-35-30-25-24-27-32-37-42-49(4)5)47-58-52(55)44-39-34-29-23-20-17-15-13-12-14-16-19-21-26-31-36-41-48(2)3/h48-50H,6-47H2,1-5H3/t50-/m1/s1. The van der Waals surface area contributed by atoms with Crippen LogP contribution >= 0.6 is 0 Å². The quantitative estimate of drug-likeness (QED) is 0.0345. The largest absolute Gasteiger partial charge is 0.462 e. The molecule has 0 unspecified atom stereocenters. The third-order valence-corrected chi connectivity index (χ3v) is 12.0. The second-order valence-corrected chi connectivity index (χ2v) is 19.1. The Bertz CT molecular complexity index is 900. The molecule has 0 spiro atoms. The van der Waals surface area contributed by atoms with Crippen molar-refractivity contribution in [1.29, 1.82) is 0 Å². The number of rotatable bonds is 47. The number of carbonyl (C=O) groups excluding carboxylic acids is 3. The summed E-state index contributed by atoms with van der Waals surface area (Å²) in [5.41, 5.74) is 0. The highest BCUT2D eigenvalue weighted by Gasteiger charge is 2.19. The topological polar surface area (TPSA) is 78.9 Å². The smallest absolute Gasteiger partial charge is 0.306 e. The Hall–Kier alpha value is -1.59. The number of unbranched alkanes of at least 4 members (excludes halogenated alkanes) is 32. The average molecular weight is 835 g/mol. The number of esters is 3. The maximum Gasteiger partial charge on any atom is 0.306 e. The summed E-state index contributed by atoms with van der Waals surface area (Å²) in [6.45, 7) is 11.4. The van der Waals surface area contributed by atoms with Crippen molar-refractivity contribution in [2.75, 3.05) is 13.2 Å². The second kappa shape index (κ2) is 45.9. The Morgan fingerprint density at radius 3 is 0.831 bits per heavy atom. The van der Waals surface area contributed by atoms with Crippen molar-refractivity contribution in [3.05, 3.63) is 0 Å². The predicted molar refractivity (Wildman–Crippen MR) is 252 cm³/mol. The first kappa shape index (κ1) is 57.4. The van der Waals surface area contributed by atoms with Crippen molar-refractivity contribution < 1.29 is 28.6 Å². The van der Waals surface area contributed by atoms with Gasteiger partial charge in [-0.25, -0.2) is 0 Å². The molecular weight excluding hydrogens is 733 g/mol. The van der Waals surface area contributed by atoms with Crippen LogP contribution in [0.2, 0.25) is 0 Å². The molecule has 0 fully saturated rings. The second-order valence-electron chi connectivity index (χ2n) is 19.1. The van der Waals surface area contributed by atoms with Crippen LogP contribution in [0.4, 0.5) is 0 Å². The van der Waals surface area contributed by atoms with Crippen LogP contribution in [0.15, 0.2) is 0 Å². The van der Waals surface area contributed by atoms with E-state index in [-0.39, 0.29) is 31.1 Å². The highest BCUT2D eigenvalue weighted by molar-refractivity contribution is 5.71. The molecule has 0 aliphatic heterocycles. The minimum atomic E-state index is -0.761. The van der Waals surface area contributed by atoms with Crippen LogP contribution in [0.5, 0.6) is 0 Å². The molecule has 0 aromatic rings. The number of hydrogen-bond donors (Lipinski definition) is 0. The third kappa shape index (κ3) is 47.3. The highest BCUT2D eigenvalue weighted by atomic mass is 16.6. The molecule has 0 amide bonds. The van der Waals surface area contributed by atoms with E-state index < -0.39 is 6.10 Å². The molecule has 59 heavy (non-hydrogen) atoms. The summed E-state index contributed by atoms with van der Waals surface area (Å²) < 4.78 is 16.8. The van der Waals surface area contributed by atoms with Crippen molar-refractivity contribution in [3.63, 3.8) is 0 Å². The molecule has 0 aromatic carbocycles. The minimum Gasteiger partial charge on any atom is -0.462 e. The van der Waals surface area contributed by atoms with Gasteiger partial charge in [0.2, 0.25) is 0 Å². The summed E-state index contributed by atoms with van der Waals surface area (Å²) in [5.74, 6) is 0.796. The summed E-state index contributed by atoms with van der Waals surface area (Å²) in [5, 5.41) is 0. The van der Waals surface area contributed by atoms with E-state index in [0.717, 1.165) is 69.6 Å². The lowest BCUT2D eigenvalue weighted by Crippen LogP contribution is -2.30. The Morgan fingerprint density at radius 2 is 0.559 bits per heavy atom. The molecule has 0 bridgehead atoms. The summed E-state index contributed by atoms with van der Waals surface area (Å²) >= 11 is 0. The first-order valence-electron chi connectivity index (χ1n) is 26.2. The van der Waals surface area contributed by atoms with Crippen molar-refractivity contribution in [1.82, 2.24) is 0 Å².